The molecule has 0 aliphatic carbocycles. The number of nitrogens with zero attached hydrogens (tertiary/aromatic N) is 2. The van der Waals surface area contributed by atoms with Gasteiger partial charge in [-0.3, -0.25) is 14.7 Å². The number of amides is 1. The van der Waals surface area contributed by atoms with Crippen LogP contribution in [0.4, 0.5) is 0 Å². The van der Waals surface area contributed by atoms with Crippen LogP contribution < -0.4 is 5.32 Å². The summed E-state index contributed by atoms with van der Waals surface area (Å²) in [7, 11) is 0. The molecule has 33 heavy (non-hydrogen) atoms. The normalized spacial score (nSPS) is 16.3. The number of benzene rings is 2. The molecule has 2 heterocycles. The van der Waals surface area contributed by atoms with Gasteiger partial charge in [-0.1, -0.05) is 61.4 Å². The lowest BCUT2D eigenvalue weighted by Crippen LogP contribution is -2.35. The predicted molar refractivity (Wildman–Crippen MR) is 137 cm³/mol. The molecule has 0 bridgehead atoms. The first kappa shape index (κ1) is 23.2. The summed E-state index contributed by atoms with van der Waals surface area (Å²) >= 11 is 0. The quantitative estimate of drug-likeness (QED) is 0.327. The zero-order chi connectivity index (χ0) is 22.9. The van der Waals surface area contributed by atoms with Crippen molar-refractivity contribution in [3.8, 4) is 0 Å². The number of likely N-dealkylation sites (tertiary alicyclic amines) is 1. The van der Waals surface area contributed by atoms with Crippen LogP contribution in [0.15, 0.2) is 73.1 Å². The molecular weight excluding hydrogens is 406 g/mol. The largest absolute Gasteiger partial charge is 0.353 e. The van der Waals surface area contributed by atoms with Crippen molar-refractivity contribution in [1.29, 1.82) is 0 Å². The molecule has 1 atom stereocenters. The third kappa shape index (κ3) is 6.52. The summed E-state index contributed by atoms with van der Waals surface area (Å²) < 4.78 is 0. The second-order valence-corrected chi connectivity index (χ2v) is 9.13. The van der Waals surface area contributed by atoms with Gasteiger partial charge in [0.15, 0.2) is 0 Å². The molecule has 1 saturated heterocycles. The Labute approximate surface area is 197 Å². The minimum atomic E-state index is -0.0328. The summed E-state index contributed by atoms with van der Waals surface area (Å²) in [4.78, 5) is 18.7. The molecule has 0 radical (unpaired) electrons. The number of carbonyl (C=O) groups excluding carboxylic acids is 1. The van der Waals surface area contributed by atoms with E-state index in [1.165, 1.54) is 55.1 Å². The van der Waals surface area contributed by atoms with Crippen molar-refractivity contribution < 1.29 is 4.79 Å². The maximum Gasteiger partial charge on any atom is 0.243 e. The van der Waals surface area contributed by atoms with Crippen LogP contribution in [0.25, 0.3) is 16.8 Å². The van der Waals surface area contributed by atoms with Crippen LogP contribution in [-0.2, 0) is 4.79 Å². The summed E-state index contributed by atoms with van der Waals surface area (Å²) in [6.45, 7) is 5.44. The number of aromatic nitrogens is 1. The number of nitrogens with one attached hydrogen (secondary N) is 1. The number of rotatable bonds is 9. The first-order chi connectivity index (χ1) is 16.2. The molecule has 0 spiro atoms. The Kier molecular flexibility index (Phi) is 8.26. The Morgan fingerprint density at radius 3 is 2.73 bits per heavy atom. The van der Waals surface area contributed by atoms with Crippen molar-refractivity contribution >= 4 is 22.8 Å². The molecule has 1 fully saturated rings. The maximum atomic E-state index is 12.0. The van der Waals surface area contributed by atoms with E-state index >= 15 is 0 Å². The van der Waals surface area contributed by atoms with E-state index in [4.69, 9.17) is 0 Å². The highest BCUT2D eigenvalue weighted by Crippen LogP contribution is 2.32. The zero-order valence-electron chi connectivity index (χ0n) is 19.6. The van der Waals surface area contributed by atoms with E-state index < -0.39 is 0 Å². The molecule has 1 aliphatic rings. The summed E-state index contributed by atoms with van der Waals surface area (Å²) in [6.07, 6.45) is 12.9. The molecule has 1 aromatic heterocycles. The van der Waals surface area contributed by atoms with Crippen molar-refractivity contribution in [3.05, 3.63) is 84.2 Å². The molecule has 1 aliphatic heterocycles. The number of fused-ring (bicyclic) bond motifs is 1. The number of hydrogen-bond donors (Lipinski definition) is 1. The summed E-state index contributed by atoms with van der Waals surface area (Å²) in [6, 6.07) is 19.7. The summed E-state index contributed by atoms with van der Waals surface area (Å²) in [5, 5.41) is 5.70. The molecule has 1 amide bonds. The number of piperidine rings is 1. The van der Waals surface area contributed by atoms with Gasteiger partial charge in [-0.25, -0.2) is 0 Å². The molecule has 4 rings (SSSR count). The fraction of sp³-hybridized carbons (Fsp3) is 0.379. The van der Waals surface area contributed by atoms with Crippen LogP contribution in [0.5, 0.6) is 0 Å². The van der Waals surface area contributed by atoms with Gasteiger partial charge in [0.1, 0.15) is 0 Å². The Bertz CT molecular complexity index is 1050. The Balaban J connectivity index is 1.14. The lowest BCUT2D eigenvalue weighted by atomic mass is 9.89. The number of unbranched alkanes of at least 4 members (excludes halogenated alkanes) is 1. The fourth-order valence-corrected chi connectivity index (χ4v) is 4.92. The third-order valence-electron chi connectivity index (χ3n) is 6.92. The molecule has 0 saturated carbocycles. The molecule has 2 aromatic carbocycles. The highest BCUT2D eigenvalue weighted by molar-refractivity contribution is 5.91. The molecular formula is C29H35N3O. The van der Waals surface area contributed by atoms with E-state index in [0.29, 0.717) is 6.04 Å². The van der Waals surface area contributed by atoms with Crippen molar-refractivity contribution in [2.45, 2.75) is 45.1 Å². The van der Waals surface area contributed by atoms with Gasteiger partial charge in [-0.05, 0) is 79.2 Å². The monoisotopic (exact) mass is 441 g/mol. The van der Waals surface area contributed by atoms with Gasteiger partial charge in [0.05, 0.1) is 0 Å². The van der Waals surface area contributed by atoms with Crippen molar-refractivity contribution in [2.75, 3.05) is 19.6 Å². The average Bonchev–Trinajstić information content (AvgIpc) is 2.87. The van der Waals surface area contributed by atoms with Gasteiger partial charge in [-0.2, -0.15) is 0 Å². The number of hydrogen-bond acceptors (Lipinski definition) is 3. The van der Waals surface area contributed by atoms with Crippen LogP contribution in [0, 0.1) is 5.92 Å². The van der Waals surface area contributed by atoms with E-state index in [0.717, 1.165) is 24.4 Å². The van der Waals surface area contributed by atoms with Crippen LogP contribution >= 0.6 is 0 Å². The minimum Gasteiger partial charge on any atom is -0.353 e. The highest BCUT2D eigenvalue weighted by atomic mass is 16.1. The van der Waals surface area contributed by atoms with Crippen molar-refractivity contribution in [1.82, 2.24) is 15.2 Å². The van der Waals surface area contributed by atoms with E-state index in [2.05, 4.69) is 64.6 Å². The highest BCUT2D eigenvalue weighted by Gasteiger charge is 2.24. The molecule has 172 valence electrons. The number of carbonyl (C=O) groups is 1. The lowest BCUT2D eigenvalue weighted by molar-refractivity contribution is -0.116. The SMILES string of the molecule is CC(c1cccc2ccccc12)N1CCC(CCCCNC(=O)/C=C\c2cccnc2)CC1. The third-order valence-corrected chi connectivity index (χ3v) is 6.92. The van der Waals surface area contributed by atoms with E-state index in [1.54, 1.807) is 24.5 Å². The Morgan fingerprint density at radius 1 is 1.09 bits per heavy atom. The molecule has 1 N–H and O–H groups in total. The Morgan fingerprint density at radius 2 is 1.91 bits per heavy atom. The van der Waals surface area contributed by atoms with Crippen LogP contribution in [0.1, 0.15) is 56.2 Å². The van der Waals surface area contributed by atoms with Crippen LogP contribution in [0.3, 0.4) is 0 Å². The first-order valence-corrected chi connectivity index (χ1v) is 12.3. The van der Waals surface area contributed by atoms with Gasteiger partial charge in [0.2, 0.25) is 5.91 Å². The van der Waals surface area contributed by atoms with Crippen LogP contribution in [0.2, 0.25) is 0 Å². The van der Waals surface area contributed by atoms with Gasteiger partial charge in [0.25, 0.3) is 0 Å². The lowest BCUT2D eigenvalue weighted by Gasteiger charge is -2.36. The smallest absolute Gasteiger partial charge is 0.243 e. The second kappa shape index (κ2) is 11.8. The second-order valence-electron chi connectivity index (χ2n) is 9.13. The first-order valence-electron chi connectivity index (χ1n) is 12.3. The number of pyridine rings is 1. The Hall–Kier alpha value is -2.98. The summed E-state index contributed by atoms with van der Waals surface area (Å²) in [5.41, 5.74) is 2.38. The van der Waals surface area contributed by atoms with E-state index in [-0.39, 0.29) is 5.91 Å². The maximum absolute atomic E-state index is 12.0. The van der Waals surface area contributed by atoms with Crippen molar-refractivity contribution in [3.63, 3.8) is 0 Å². The van der Waals surface area contributed by atoms with Crippen molar-refractivity contribution in [2.24, 2.45) is 5.92 Å². The van der Waals surface area contributed by atoms with E-state index in [1.807, 2.05) is 12.1 Å². The van der Waals surface area contributed by atoms with Gasteiger partial charge < -0.3 is 5.32 Å². The van der Waals surface area contributed by atoms with Gasteiger partial charge in [-0.15, -0.1) is 0 Å². The average molecular weight is 442 g/mol. The van der Waals surface area contributed by atoms with Crippen LogP contribution in [-0.4, -0.2) is 35.4 Å². The molecule has 4 heteroatoms. The summed E-state index contributed by atoms with van der Waals surface area (Å²) in [5.74, 6) is 0.775. The van der Waals surface area contributed by atoms with E-state index in [9.17, 15) is 4.79 Å². The van der Waals surface area contributed by atoms with Gasteiger partial charge in [0, 0.05) is 31.1 Å². The topological polar surface area (TPSA) is 45.2 Å². The standard InChI is InChI=1S/C29H35N3O/c1-23(27-13-6-11-26-10-2-3-12-28(26)27)32-20-16-24(17-21-32)8-4-5-19-31-29(33)15-14-25-9-7-18-30-22-25/h2-3,6-7,9-15,18,22-24H,4-5,8,16-17,19-21H2,1H3,(H,31,33)/b15-14-. The fourth-order valence-electron chi connectivity index (χ4n) is 4.92. The molecule has 4 nitrogen and oxygen atoms in total. The predicted octanol–water partition coefficient (Wildman–Crippen LogP) is 6.01. The molecule has 1 unspecified atom stereocenters. The van der Waals surface area contributed by atoms with Gasteiger partial charge >= 0.3 is 0 Å². The molecule has 3 aromatic rings. The zero-order valence-corrected chi connectivity index (χ0v) is 19.6. The minimum absolute atomic E-state index is 0.0328.